The van der Waals surface area contributed by atoms with Crippen molar-refractivity contribution in [3.8, 4) is 5.75 Å². The molecule has 2 aromatic carbocycles. The fraction of sp³-hybridized carbons (Fsp3) is 0.500. The van der Waals surface area contributed by atoms with Gasteiger partial charge in [0.15, 0.2) is 0 Å². The highest BCUT2D eigenvalue weighted by Crippen LogP contribution is 2.27. The maximum Gasteiger partial charge on any atom is 0.264 e. The minimum Gasteiger partial charge on any atom is -0.497 e. The number of piperidine rings is 1. The first-order valence-corrected chi connectivity index (χ1v) is 12.3. The van der Waals surface area contributed by atoms with E-state index in [1.807, 2.05) is 6.92 Å². The van der Waals surface area contributed by atoms with Gasteiger partial charge in [-0.1, -0.05) is 24.1 Å². The van der Waals surface area contributed by atoms with Crippen molar-refractivity contribution < 1.29 is 18.3 Å². The number of anilines is 1. The summed E-state index contributed by atoms with van der Waals surface area (Å²) in [5.74, 6) is 0.646. The summed E-state index contributed by atoms with van der Waals surface area (Å²) in [6.07, 6.45) is 2.57. The summed E-state index contributed by atoms with van der Waals surface area (Å²) < 4.78 is 33.6. The van der Waals surface area contributed by atoms with Gasteiger partial charge < -0.3 is 9.84 Å². The van der Waals surface area contributed by atoms with Crippen molar-refractivity contribution in [1.82, 2.24) is 4.90 Å². The van der Waals surface area contributed by atoms with Crippen LogP contribution in [0.2, 0.25) is 0 Å². The van der Waals surface area contributed by atoms with Gasteiger partial charge in [-0.3, -0.25) is 9.21 Å². The zero-order valence-electron chi connectivity index (χ0n) is 18.9. The van der Waals surface area contributed by atoms with Crippen LogP contribution in [0, 0.1) is 6.92 Å². The van der Waals surface area contributed by atoms with Crippen LogP contribution in [0.5, 0.6) is 5.75 Å². The molecule has 1 saturated heterocycles. The average Bonchev–Trinajstić information content (AvgIpc) is 2.75. The molecule has 6 nitrogen and oxygen atoms in total. The molecule has 31 heavy (non-hydrogen) atoms. The van der Waals surface area contributed by atoms with Crippen LogP contribution in [0.25, 0.3) is 0 Å². The van der Waals surface area contributed by atoms with Gasteiger partial charge in [0.2, 0.25) is 0 Å². The number of benzene rings is 2. The van der Waals surface area contributed by atoms with E-state index >= 15 is 0 Å². The quantitative estimate of drug-likeness (QED) is 0.668. The molecule has 0 spiro atoms. The van der Waals surface area contributed by atoms with Gasteiger partial charge in [0, 0.05) is 18.6 Å². The summed E-state index contributed by atoms with van der Waals surface area (Å²) in [6.45, 7) is 6.69. The maximum absolute atomic E-state index is 13.5. The minimum absolute atomic E-state index is 0.0154. The molecule has 1 heterocycles. The van der Waals surface area contributed by atoms with Gasteiger partial charge in [0.05, 0.1) is 30.3 Å². The van der Waals surface area contributed by atoms with Crippen LogP contribution in [0.15, 0.2) is 53.4 Å². The minimum atomic E-state index is -3.84. The lowest BCUT2D eigenvalue weighted by Gasteiger charge is -2.40. The molecule has 0 aromatic heterocycles. The Balaban J connectivity index is 1.88. The number of rotatable bonds is 8. The molecule has 7 heteroatoms. The van der Waals surface area contributed by atoms with Gasteiger partial charge in [-0.15, -0.1) is 0 Å². The summed E-state index contributed by atoms with van der Waals surface area (Å²) in [5, 5.41) is 11.0. The Morgan fingerprint density at radius 3 is 2.19 bits per heavy atom. The number of methoxy groups -OCH3 is 1. The molecule has 170 valence electrons. The molecular weight excluding hydrogens is 412 g/mol. The Hall–Kier alpha value is -2.09. The first-order chi connectivity index (χ1) is 14.7. The second-order valence-corrected chi connectivity index (χ2v) is 10.4. The molecule has 0 unspecified atom stereocenters. The number of hydrogen-bond acceptors (Lipinski definition) is 5. The smallest absolute Gasteiger partial charge is 0.264 e. The Morgan fingerprint density at radius 2 is 1.65 bits per heavy atom. The van der Waals surface area contributed by atoms with Crippen LogP contribution in [0.4, 0.5) is 5.69 Å². The third-order valence-corrected chi connectivity index (χ3v) is 7.95. The predicted molar refractivity (Wildman–Crippen MR) is 124 cm³/mol. The van der Waals surface area contributed by atoms with E-state index < -0.39 is 16.1 Å². The molecule has 1 fully saturated rings. The normalized spacial score (nSPS) is 20.9. The molecular formula is C24H34N2O4S. The summed E-state index contributed by atoms with van der Waals surface area (Å²) in [4.78, 5) is 2.50. The van der Waals surface area contributed by atoms with Crippen molar-refractivity contribution >= 4 is 15.7 Å². The second-order valence-electron chi connectivity index (χ2n) is 8.53. The van der Waals surface area contributed by atoms with Gasteiger partial charge in [-0.05, 0) is 70.0 Å². The maximum atomic E-state index is 13.5. The van der Waals surface area contributed by atoms with E-state index in [2.05, 4.69) is 18.7 Å². The van der Waals surface area contributed by atoms with E-state index in [9.17, 15) is 13.5 Å². The molecule has 0 radical (unpaired) electrons. The highest BCUT2D eigenvalue weighted by Gasteiger charge is 2.31. The summed E-state index contributed by atoms with van der Waals surface area (Å²) >= 11 is 0. The number of likely N-dealkylation sites (tertiary alicyclic amines) is 1. The third-order valence-electron chi connectivity index (χ3n) is 6.14. The summed E-state index contributed by atoms with van der Waals surface area (Å²) in [7, 11) is -2.27. The topological polar surface area (TPSA) is 70.1 Å². The average molecular weight is 447 g/mol. The molecule has 0 saturated carbocycles. The second kappa shape index (κ2) is 10.0. The largest absolute Gasteiger partial charge is 0.497 e. The van der Waals surface area contributed by atoms with Crippen molar-refractivity contribution in [3.63, 3.8) is 0 Å². The number of nitrogens with zero attached hydrogens (tertiary/aromatic N) is 2. The van der Waals surface area contributed by atoms with Crippen LogP contribution in [-0.4, -0.2) is 56.8 Å². The van der Waals surface area contributed by atoms with Gasteiger partial charge in [0.25, 0.3) is 10.0 Å². The van der Waals surface area contributed by atoms with Gasteiger partial charge in [-0.2, -0.15) is 0 Å². The first kappa shape index (κ1) is 23.6. The number of β-amino-alcohol motifs (C(OH)–C–C–N with tert-alkyl or cyclic N) is 1. The van der Waals surface area contributed by atoms with Gasteiger partial charge in [-0.25, -0.2) is 8.42 Å². The number of aryl methyl sites for hydroxylation is 1. The Labute approximate surface area is 186 Å². The van der Waals surface area contributed by atoms with Crippen molar-refractivity contribution in [3.05, 3.63) is 54.1 Å². The Morgan fingerprint density at radius 1 is 1.06 bits per heavy atom. The molecule has 1 N–H and O–H groups in total. The molecule has 1 aliphatic rings. The summed E-state index contributed by atoms with van der Waals surface area (Å²) in [6, 6.07) is 14.4. The van der Waals surface area contributed by atoms with Crippen LogP contribution in [0.1, 0.15) is 38.7 Å². The van der Waals surface area contributed by atoms with E-state index in [0.717, 1.165) is 18.4 Å². The van der Waals surface area contributed by atoms with Gasteiger partial charge in [0.1, 0.15) is 5.75 Å². The monoisotopic (exact) mass is 446 g/mol. The third kappa shape index (κ3) is 5.59. The molecule has 2 aromatic rings. The van der Waals surface area contributed by atoms with Crippen molar-refractivity contribution in [1.29, 1.82) is 0 Å². The summed E-state index contributed by atoms with van der Waals surface area (Å²) in [5.41, 5.74) is 1.49. The zero-order valence-corrected chi connectivity index (χ0v) is 19.7. The lowest BCUT2D eigenvalue weighted by molar-refractivity contribution is 0.0455. The van der Waals surface area contributed by atoms with E-state index in [-0.39, 0.29) is 11.4 Å². The van der Waals surface area contributed by atoms with E-state index in [4.69, 9.17) is 4.74 Å². The lowest BCUT2D eigenvalue weighted by atomic mass is 9.97. The standard InChI is InChI=1S/C24H34N2O4S/c1-18-8-14-24(15-9-18)31(28,29)26(21-10-12-23(30-4)13-11-21)17-22(27)16-25-19(2)6-5-7-20(25)3/h8-15,19-20,22,27H,5-7,16-17H2,1-4H3/t19-,20+,22-/m0/s1. The van der Waals surface area contributed by atoms with E-state index in [1.54, 1.807) is 55.6 Å². The predicted octanol–water partition coefficient (Wildman–Crippen LogP) is 3.82. The van der Waals surface area contributed by atoms with Crippen LogP contribution in [0.3, 0.4) is 0 Å². The van der Waals surface area contributed by atoms with E-state index in [0.29, 0.717) is 30.1 Å². The fourth-order valence-corrected chi connectivity index (χ4v) is 5.76. The first-order valence-electron chi connectivity index (χ1n) is 10.9. The highest BCUT2D eigenvalue weighted by molar-refractivity contribution is 7.92. The number of aliphatic hydroxyl groups excluding tert-OH is 1. The molecule has 0 aliphatic carbocycles. The fourth-order valence-electron chi connectivity index (χ4n) is 4.26. The van der Waals surface area contributed by atoms with Crippen LogP contribution < -0.4 is 9.04 Å². The molecule has 0 bridgehead atoms. The Kier molecular flexibility index (Phi) is 7.62. The highest BCUT2D eigenvalue weighted by atomic mass is 32.2. The molecule has 0 amide bonds. The van der Waals surface area contributed by atoms with Crippen molar-refractivity contribution in [2.24, 2.45) is 0 Å². The van der Waals surface area contributed by atoms with Crippen LogP contribution >= 0.6 is 0 Å². The molecule has 3 atom stereocenters. The van der Waals surface area contributed by atoms with E-state index in [1.165, 1.54) is 10.7 Å². The number of ether oxygens (including phenoxy) is 1. The lowest BCUT2D eigenvalue weighted by Crippen LogP contribution is -2.50. The Bertz CT molecular complexity index is 935. The van der Waals surface area contributed by atoms with Crippen molar-refractivity contribution in [2.75, 3.05) is 24.5 Å². The molecule has 3 rings (SSSR count). The molecule has 1 aliphatic heterocycles. The van der Waals surface area contributed by atoms with Crippen LogP contribution in [-0.2, 0) is 10.0 Å². The number of aliphatic hydroxyl groups is 1. The van der Waals surface area contributed by atoms with Crippen molar-refractivity contribution in [2.45, 2.75) is 63.1 Å². The number of sulfonamides is 1. The number of hydrogen-bond donors (Lipinski definition) is 1. The zero-order chi connectivity index (χ0) is 22.6. The van der Waals surface area contributed by atoms with Gasteiger partial charge >= 0.3 is 0 Å². The SMILES string of the molecule is COc1ccc(N(C[C@@H](O)CN2[C@H](C)CCC[C@@H]2C)S(=O)(=O)c2ccc(C)cc2)cc1.